The number of carbonyl (C=O) groups is 1. The van der Waals surface area contributed by atoms with Crippen LogP contribution in [0.3, 0.4) is 0 Å². The molecular weight excluding hydrogens is 372 g/mol. The highest BCUT2D eigenvalue weighted by molar-refractivity contribution is 7.16. The minimum absolute atomic E-state index is 0.0330. The lowest BCUT2D eigenvalue weighted by Gasteiger charge is -2.35. The monoisotopic (exact) mass is 396 g/mol. The molecule has 2 aliphatic rings. The Hall–Kier alpha value is -2.56. The first-order valence-corrected chi connectivity index (χ1v) is 10.5. The summed E-state index contributed by atoms with van der Waals surface area (Å²) >= 11 is 1.57. The number of fused-ring (bicyclic) bond motifs is 1. The summed E-state index contributed by atoms with van der Waals surface area (Å²) in [5.41, 5.74) is 3.00. The van der Waals surface area contributed by atoms with Gasteiger partial charge in [0.1, 0.15) is 16.8 Å². The highest BCUT2D eigenvalue weighted by Crippen LogP contribution is 2.38. The number of nitrogens with one attached hydrogen (secondary N) is 1. The number of amides is 1. The fraction of sp³-hybridized carbons (Fsp3) is 0.429. The molecule has 0 radical (unpaired) electrons. The highest BCUT2D eigenvalue weighted by atomic mass is 32.1. The van der Waals surface area contributed by atoms with Crippen LogP contribution in [0, 0.1) is 11.3 Å². The van der Waals surface area contributed by atoms with Crippen LogP contribution < -0.4 is 15.0 Å². The zero-order chi connectivity index (χ0) is 19.5. The van der Waals surface area contributed by atoms with Gasteiger partial charge in [0.05, 0.1) is 19.2 Å². The molecule has 1 amide bonds. The van der Waals surface area contributed by atoms with E-state index in [0.29, 0.717) is 12.1 Å². The maximum absolute atomic E-state index is 12.5. The summed E-state index contributed by atoms with van der Waals surface area (Å²) in [6.07, 6.45) is 3.10. The van der Waals surface area contributed by atoms with E-state index in [0.717, 1.165) is 61.8 Å². The third-order valence-corrected chi connectivity index (χ3v) is 6.67. The number of piperazine rings is 1. The van der Waals surface area contributed by atoms with E-state index in [4.69, 9.17) is 4.74 Å². The summed E-state index contributed by atoms with van der Waals surface area (Å²) in [5, 5.41) is 13.2. The molecule has 1 aromatic carbocycles. The van der Waals surface area contributed by atoms with Crippen LogP contribution in [0.25, 0.3) is 0 Å². The zero-order valence-corrected chi connectivity index (χ0v) is 16.8. The number of thiophene rings is 1. The number of carbonyl (C=O) groups excluding carboxylic acids is 1. The van der Waals surface area contributed by atoms with Gasteiger partial charge in [0.25, 0.3) is 0 Å². The molecule has 0 bridgehead atoms. The van der Waals surface area contributed by atoms with E-state index in [1.807, 2.05) is 12.1 Å². The van der Waals surface area contributed by atoms with Gasteiger partial charge in [-0.25, -0.2) is 0 Å². The second-order valence-corrected chi connectivity index (χ2v) is 8.29. The number of nitriles is 1. The summed E-state index contributed by atoms with van der Waals surface area (Å²) in [4.78, 5) is 18.3. The van der Waals surface area contributed by atoms with Crippen molar-refractivity contribution < 1.29 is 9.53 Å². The van der Waals surface area contributed by atoms with Gasteiger partial charge >= 0.3 is 0 Å². The Kier molecular flexibility index (Phi) is 5.51. The SMILES string of the molecule is COc1ccc(N2CCN(CC(=O)Nc3sc4c(c3C#N)CCC4)CC2)cc1. The molecule has 2 heterocycles. The molecule has 0 unspecified atom stereocenters. The number of nitrogens with zero attached hydrogens (tertiary/aromatic N) is 3. The van der Waals surface area contributed by atoms with Gasteiger partial charge in [0, 0.05) is 36.7 Å². The fourth-order valence-electron chi connectivity index (χ4n) is 3.94. The number of hydrogen-bond donors (Lipinski definition) is 1. The zero-order valence-electron chi connectivity index (χ0n) is 16.0. The van der Waals surface area contributed by atoms with Gasteiger partial charge in [0.15, 0.2) is 0 Å². The summed E-state index contributed by atoms with van der Waals surface area (Å²) in [5.74, 6) is 0.824. The van der Waals surface area contributed by atoms with Crippen molar-refractivity contribution in [2.75, 3.05) is 50.1 Å². The largest absolute Gasteiger partial charge is 0.497 e. The Labute approximate surface area is 169 Å². The van der Waals surface area contributed by atoms with Crippen molar-refractivity contribution in [1.29, 1.82) is 5.26 Å². The molecule has 0 atom stereocenters. The normalized spacial score (nSPS) is 16.5. The molecule has 0 saturated carbocycles. The lowest BCUT2D eigenvalue weighted by atomic mass is 10.1. The van der Waals surface area contributed by atoms with Crippen molar-refractivity contribution >= 4 is 27.9 Å². The van der Waals surface area contributed by atoms with E-state index in [1.165, 1.54) is 10.6 Å². The van der Waals surface area contributed by atoms with Crippen LogP contribution in [-0.2, 0) is 17.6 Å². The van der Waals surface area contributed by atoms with Crippen molar-refractivity contribution in [3.63, 3.8) is 0 Å². The Morgan fingerprint density at radius 1 is 1.21 bits per heavy atom. The van der Waals surface area contributed by atoms with Gasteiger partial charge in [-0.15, -0.1) is 11.3 Å². The molecule has 28 heavy (non-hydrogen) atoms. The number of hydrogen-bond acceptors (Lipinski definition) is 6. The first-order valence-electron chi connectivity index (χ1n) is 9.64. The Balaban J connectivity index is 1.30. The summed E-state index contributed by atoms with van der Waals surface area (Å²) in [6.45, 7) is 3.81. The van der Waals surface area contributed by atoms with Crippen LogP contribution in [0.15, 0.2) is 24.3 Å². The van der Waals surface area contributed by atoms with Gasteiger partial charge in [-0.2, -0.15) is 5.26 Å². The minimum atomic E-state index is -0.0330. The van der Waals surface area contributed by atoms with E-state index in [2.05, 4.69) is 33.3 Å². The number of methoxy groups -OCH3 is 1. The molecule has 1 aliphatic carbocycles. The van der Waals surface area contributed by atoms with E-state index in [1.54, 1.807) is 18.4 Å². The molecule has 0 spiro atoms. The molecule has 6 nitrogen and oxygen atoms in total. The molecule has 146 valence electrons. The molecule has 7 heteroatoms. The lowest BCUT2D eigenvalue weighted by Crippen LogP contribution is -2.48. The smallest absolute Gasteiger partial charge is 0.239 e. The predicted molar refractivity (Wildman–Crippen MR) is 111 cm³/mol. The number of anilines is 2. The van der Waals surface area contributed by atoms with E-state index < -0.39 is 0 Å². The Morgan fingerprint density at radius 3 is 2.64 bits per heavy atom. The van der Waals surface area contributed by atoms with E-state index in [-0.39, 0.29) is 5.91 Å². The number of benzene rings is 1. The molecule has 1 N–H and O–H groups in total. The van der Waals surface area contributed by atoms with Gasteiger partial charge in [-0.3, -0.25) is 9.69 Å². The van der Waals surface area contributed by atoms with Crippen molar-refractivity contribution in [1.82, 2.24) is 4.90 Å². The lowest BCUT2D eigenvalue weighted by molar-refractivity contribution is -0.117. The van der Waals surface area contributed by atoms with Crippen molar-refractivity contribution in [3.8, 4) is 11.8 Å². The summed E-state index contributed by atoms with van der Waals surface area (Å²) in [6, 6.07) is 10.4. The Morgan fingerprint density at radius 2 is 1.96 bits per heavy atom. The number of rotatable bonds is 5. The van der Waals surface area contributed by atoms with Crippen LogP contribution >= 0.6 is 11.3 Å². The van der Waals surface area contributed by atoms with Gasteiger partial charge < -0.3 is 15.0 Å². The summed E-state index contributed by atoms with van der Waals surface area (Å²) in [7, 11) is 1.67. The quantitative estimate of drug-likeness (QED) is 0.842. The first-order chi connectivity index (χ1) is 13.7. The Bertz CT molecular complexity index is 892. The molecule has 1 aliphatic heterocycles. The van der Waals surface area contributed by atoms with Crippen LogP contribution in [0.4, 0.5) is 10.7 Å². The molecule has 1 aromatic heterocycles. The number of aryl methyl sites for hydroxylation is 1. The first kappa shape index (κ1) is 18.8. The molecule has 2 aromatic rings. The molecule has 1 fully saturated rings. The van der Waals surface area contributed by atoms with E-state index >= 15 is 0 Å². The topological polar surface area (TPSA) is 68.6 Å². The maximum atomic E-state index is 12.5. The van der Waals surface area contributed by atoms with E-state index in [9.17, 15) is 10.1 Å². The van der Waals surface area contributed by atoms with Crippen molar-refractivity contribution in [3.05, 3.63) is 40.3 Å². The standard InChI is InChI=1S/C21H24N4O2S/c1-27-16-7-5-15(6-8-16)25-11-9-24(10-12-25)14-20(26)23-21-18(13-22)17-3-2-4-19(17)28-21/h5-8H,2-4,9-12,14H2,1H3,(H,23,26). The van der Waals surface area contributed by atoms with Crippen LogP contribution in [-0.4, -0.2) is 50.6 Å². The second-order valence-electron chi connectivity index (χ2n) is 7.18. The highest BCUT2D eigenvalue weighted by Gasteiger charge is 2.24. The second kappa shape index (κ2) is 8.21. The van der Waals surface area contributed by atoms with Gasteiger partial charge in [0.2, 0.25) is 5.91 Å². The minimum Gasteiger partial charge on any atom is -0.497 e. The van der Waals surface area contributed by atoms with Crippen molar-refractivity contribution in [2.45, 2.75) is 19.3 Å². The van der Waals surface area contributed by atoms with Crippen molar-refractivity contribution in [2.24, 2.45) is 0 Å². The van der Waals surface area contributed by atoms with Gasteiger partial charge in [-0.1, -0.05) is 0 Å². The third-order valence-electron chi connectivity index (χ3n) is 5.46. The fourth-order valence-corrected chi connectivity index (χ4v) is 5.19. The molecule has 4 rings (SSSR count). The van der Waals surface area contributed by atoms with Gasteiger partial charge in [-0.05, 0) is 49.1 Å². The average molecular weight is 397 g/mol. The van der Waals surface area contributed by atoms with Crippen LogP contribution in [0.5, 0.6) is 5.75 Å². The predicted octanol–water partition coefficient (Wildman–Crippen LogP) is 2.88. The maximum Gasteiger partial charge on any atom is 0.239 e. The molecular formula is C21H24N4O2S. The van der Waals surface area contributed by atoms with Crippen LogP contribution in [0.2, 0.25) is 0 Å². The van der Waals surface area contributed by atoms with Crippen LogP contribution in [0.1, 0.15) is 22.4 Å². The third kappa shape index (κ3) is 3.84. The number of ether oxygens (including phenoxy) is 1. The average Bonchev–Trinajstić information content (AvgIpc) is 3.29. The molecule has 1 saturated heterocycles. The summed E-state index contributed by atoms with van der Waals surface area (Å²) < 4.78 is 5.21.